The molecule has 0 spiro atoms. The molecular formula is C14H14Cl2FNO4. The molecule has 2 atom stereocenters. The van der Waals surface area contributed by atoms with Gasteiger partial charge in [-0.05, 0) is 19.1 Å². The lowest BCUT2D eigenvalue weighted by atomic mass is 10.1. The third kappa shape index (κ3) is 3.51. The number of carbonyl (C=O) groups is 2. The van der Waals surface area contributed by atoms with Crippen molar-refractivity contribution in [2.75, 3.05) is 19.7 Å². The van der Waals surface area contributed by atoms with Crippen LogP contribution in [0.4, 0.5) is 4.39 Å². The van der Waals surface area contributed by atoms with E-state index in [-0.39, 0.29) is 29.7 Å². The topological polar surface area (TPSA) is 66.8 Å². The highest BCUT2D eigenvalue weighted by Crippen LogP contribution is 2.32. The molecule has 1 aliphatic heterocycles. The standard InChI is InChI=1S/C14H14Cl2FNO4/c1-7(14(20)21)13(19)18-2-3-22-12(6-18)8-4-11(17)10(16)5-9(8)15/h4-5,7,12H,2-3,6H2,1H3,(H,20,21). The number of benzene rings is 1. The molecular weight excluding hydrogens is 336 g/mol. The van der Waals surface area contributed by atoms with Crippen molar-refractivity contribution in [3.63, 3.8) is 0 Å². The van der Waals surface area contributed by atoms with Crippen LogP contribution in [0, 0.1) is 11.7 Å². The molecule has 0 aliphatic carbocycles. The van der Waals surface area contributed by atoms with Crippen LogP contribution >= 0.6 is 23.2 Å². The van der Waals surface area contributed by atoms with Gasteiger partial charge in [0.2, 0.25) is 5.91 Å². The Kier molecular flexibility index (Phi) is 5.26. The number of carboxylic acids is 1. The summed E-state index contributed by atoms with van der Waals surface area (Å²) in [6, 6.07) is 2.45. The summed E-state index contributed by atoms with van der Waals surface area (Å²) < 4.78 is 19.1. The van der Waals surface area contributed by atoms with Gasteiger partial charge in [-0.15, -0.1) is 0 Å². The van der Waals surface area contributed by atoms with Crippen molar-refractivity contribution in [1.82, 2.24) is 4.90 Å². The van der Waals surface area contributed by atoms with E-state index in [4.69, 9.17) is 33.0 Å². The van der Waals surface area contributed by atoms with Crippen LogP contribution in [0.5, 0.6) is 0 Å². The number of aliphatic carboxylic acids is 1. The van der Waals surface area contributed by atoms with Gasteiger partial charge in [-0.25, -0.2) is 4.39 Å². The van der Waals surface area contributed by atoms with Crippen molar-refractivity contribution >= 4 is 35.1 Å². The molecule has 0 bridgehead atoms. The quantitative estimate of drug-likeness (QED) is 0.673. The summed E-state index contributed by atoms with van der Waals surface area (Å²) in [5.74, 6) is -3.47. The number of rotatable bonds is 3. The lowest BCUT2D eigenvalue weighted by Crippen LogP contribution is -2.46. The van der Waals surface area contributed by atoms with E-state index in [2.05, 4.69) is 0 Å². The molecule has 5 nitrogen and oxygen atoms in total. The second kappa shape index (κ2) is 6.81. The highest BCUT2D eigenvalue weighted by atomic mass is 35.5. The minimum absolute atomic E-state index is 0.100. The smallest absolute Gasteiger partial charge is 0.315 e. The summed E-state index contributed by atoms with van der Waals surface area (Å²) in [5, 5.41) is 9.05. The fraction of sp³-hybridized carbons (Fsp3) is 0.429. The largest absolute Gasteiger partial charge is 0.481 e. The number of halogens is 3. The normalized spacial score (nSPS) is 19.8. The van der Waals surface area contributed by atoms with Gasteiger partial charge in [-0.1, -0.05) is 23.2 Å². The van der Waals surface area contributed by atoms with Crippen molar-refractivity contribution in [1.29, 1.82) is 0 Å². The molecule has 0 saturated carbocycles. The lowest BCUT2D eigenvalue weighted by Gasteiger charge is -2.34. The molecule has 2 unspecified atom stereocenters. The van der Waals surface area contributed by atoms with E-state index in [1.165, 1.54) is 24.0 Å². The van der Waals surface area contributed by atoms with Crippen LogP contribution in [0.1, 0.15) is 18.6 Å². The van der Waals surface area contributed by atoms with E-state index in [9.17, 15) is 14.0 Å². The molecule has 1 aliphatic rings. The van der Waals surface area contributed by atoms with Crippen LogP contribution in [0.2, 0.25) is 10.0 Å². The molecule has 1 saturated heterocycles. The summed E-state index contributed by atoms with van der Waals surface area (Å²) >= 11 is 11.7. The first-order chi connectivity index (χ1) is 10.3. The van der Waals surface area contributed by atoms with Gasteiger partial charge >= 0.3 is 5.97 Å². The van der Waals surface area contributed by atoms with E-state index in [1.54, 1.807) is 0 Å². The number of carbonyl (C=O) groups excluding carboxylic acids is 1. The van der Waals surface area contributed by atoms with Gasteiger partial charge in [-0.2, -0.15) is 0 Å². The fourth-order valence-electron chi connectivity index (χ4n) is 2.20. The zero-order valence-corrected chi connectivity index (χ0v) is 13.2. The van der Waals surface area contributed by atoms with Gasteiger partial charge in [0.25, 0.3) is 0 Å². The third-order valence-corrected chi connectivity index (χ3v) is 4.12. The van der Waals surface area contributed by atoms with E-state index >= 15 is 0 Å². The molecule has 1 heterocycles. The van der Waals surface area contributed by atoms with Crippen LogP contribution in [0.3, 0.4) is 0 Å². The summed E-state index contributed by atoms with van der Waals surface area (Å²) in [5.41, 5.74) is 0.379. The zero-order valence-electron chi connectivity index (χ0n) is 11.7. The van der Waals surface area contributed by atoms with Crippen molar-refractivity contribution in [2.45, 2.75) is 13.0 Å². The Morgan fingerprint density at radius 3 is 2.73 bits per heavy atom. The summed E-state index contributed by atoms with van der Waals surface area (Å²) in [4.78, 5) is 24.4. The van der Waals surface area contributed by atoms with E-state index in [0.717, 1.165) is 0 Å². The number of morpholine rings is 1. The van der Waals surface area contributed by atoms with Crippen LogP contribution in [0.15, 0.2) is 12.1 Å². The van der Waals surface area contributed by atoms with Gasteiger partial charge in [0.15, 0.2) is 0 Å². The maximum Gasteiger partial charge on any atom is 0.315 e. The molecule has 1 fully saturated rings. The zero-order chi connectivity index (χ0) is 16.4. The molecule has 1 amide bonds. The first-order valence-corrected chi connectivity index (χ1v) is 7.34. The molecule has 0 radical (unpaired) electrons. The van der Waals surface area contributed by atoms with Crippen molar-refractivity contribution in [3.8, 4) is 0 Å². The number of hydrogen-bond donors (Lipinski definition) is 1. The van der Waals surface area contributed by atoms with Crippen LogP contribution < -0.4 is 0 Å². The third-order valence-electron chi connectivity index (χ3n) is 3.51. The van der Waals surface area contributed by atoms with Gasteiger partial charge in [0.05, 0.1) is 18.2 Å². The van der Waals surface area contributed by atoms with Crippen LogP contribution in [0.25, 0.3) is 0 Å². The molecule has 22 heavy (non-hydrogen) atoms. The molecule has 1 aromatic rings. The highest BCUT2D eigenvalue weighted by molar-refractivity contribution is 6.35. The number of ether oxygens (including phenoxy) is 1. The van der Waals surface area contributed by atoms with Crippen LogP contribution in [-0.2, 0) is 14.3 Å². The molecule has 0 aromatic heterocycles. The molecule has 2 rings (SSSR count). The summed E-state index contributed by atoms with van der Waals surface area (Å²) in [6.45, 7) is 1.92. The van der Waals surface area contributed by atoms with E-state index in [0.29, 0.717) is 5.56 Å². The van der Waals surface area contributed by atoms with Gasteiger partial charge in [-0.3, -0.25) is 9.59 Å². The first-order valence-electron chi connectivity index (χ1n) is 6.59. The molecule has 8 heteroatoms. The maximum absolute atomic E-state index is 13.6. The minimum Gasteiger partial charge on any atom is -0.481 e. The summed E-state index contributed by atoms with van der Waals surface area (Å²) in [6.07, 6.45) is -0.627. The average molecular weight is 350 g/mol. The maximum atomic E-state index is 13.6. The number of carboxylic acid groups (broad SMARTS) is 1. The SMILES string of the molecule is CC(C(=O)O)C(=O)N1CCOC(c2cc(F)c(Cl)cc2Cl)C1. The Balaban J connectivity index is 2.19. The first kappa shape index (κ1) is 17.0. The summed E-state index contributed by atoms with van der Waals surface area (Å²) in [7, 11) is 0. The number of amides is 1. The van der Waals surface area contributed by atoms with Crippen molar-refractivity contribution in [3.05, 3.63) is 33.6 Å². The van der Waals surface area contributed by atoms with Crippen molar-refractivity contribution < 1.29 is 23.8 Å². The second-order valence-corrected chi connectivity index (χ2v) is 5.81. The Labute approximate surface area is 136 Å². The molecule has 1 aromatic carbocycles. The average Bonchev–Trinajstić information content (AvgIpc) is 2.49. The van der Waals surface area contributed by atoms with E-state index in [1.807, 2.05) is 0 Å². The van der Waals surface area contributed by atoms with Crippen LogP contribution in [-0.4, -0.2) is 41.6 Å². The second-order valence-electron chi connectivity index (χ2n) is 4.99. The predicted octanol–water partition coefficient (Wildman–Crippen LogP) is 2.75. The molecule has 120 valence electrons. The Morgan fingerprint density at radius 1 is 1.41 bits per heavy atom. The van der Waals surface area contributed by atoms with Gasteiger partial charge in [0.1, 0.15) is 17.8 Å². The predicted molar refractivity (Wildman–Crippen MR) is 78.5 cm³/mol. The highest BCUT2D eigenvalue weighted by Gasteiger charge is 2.32. The minimum atomic E-state index is -1.19. The monoisotopic (exact) mass is 349 g/mol. The number of nitrogens with zero attached hydrogens (tertiary/aromatic N) is 1. The Morgan fingerprint density at radius 2 is 2.09 bits per heavy atom. The Hall–Kier alpha value is -1.37. The lowest BCUT2D eigenvalue weighted by molar-refractivity contribution is -0.154. The van der Waals surface area contributed by atoms with Gasteiger partial charge in [0, 0.05) is 17.1 Å². The van der Waals surface area contributed by atoms with Crippen molar-refractivity contribution in [2.24, 2.45) is 5.92 Å². The Bertz CT molecular complexity index is 611. The fourth-order valence-corrected chi connectivity index (χ4v) is 2.71. The van der Waals surface area contributed by atoms with Gasteiger partial charge < -0.3 is 14.7 Å². The van der Waals surface area contributed by atoms with E-state index < -0.39 is 29.7 Å². The number of hydrogen-bond acceptors (Lipinski definition) is 3. The molecule has 1 N–H and O–H groups in total.